The molecule has 10 nitrogen and oxygen atoms in total. The molecule has 0 unspecified atom stereocenters. The molecule has 2 rings (SSSR count). The van der Waals surface area contributed by atoms with Gasteiger partial charge in [0.1, 0.15) is 29.5 Å². The van der Waals surface area contributed by atoms with Gasteiger partial charge in [-0.05, 0) is 6.92 Å². The zero-order valence-electron chi connectivity index (χ0n) is 12.1. The topological polar surface area (TPSA) is 151 Å². The van der Waals surface area contributed by atoms with Gasteiger partial charge in [0, 0.05) is 13.1 Å². The predicted molar refractivity (Wildman–Crippen MR) is 78.2 cm³/mol. The number of nitrogens with zero attached hydrogens (tertiary/aromatic N) is 3. The molecule has 2 heterocycles. The number of primary amides is 1. The molecule has 0 bridgehead atoms. The minimum atomic E-state index is -0.826. The van der Waals surface area contributed by atoms with Crippen molar-refractivity contribution in [2.45, 2.75) is 19.5 Å². The lowest BCUT2D eigenvalue weighted by Gasteiger charge is -2.17. The molecule has 2 aromatic rings. The Balaban J connectivity index is 2.55. The molecule has 0 saturated carbocycles. The Hall–Kier alpha value is -3.04. The first-order valence-corrected chi connectivity index (χ1v) is 6.37. The Morgan fingerprint density at radius 1 is 1.50 bits per heavy atom. The van der Waals surface area contributed by atoms with E-state index >= 15 is 0 Å². The quantitative estimate of drug-likeness (QED) is 0.604. The normalized spacial score (nSPS) is 12.1. The first-order chi connectivity index (χ1) is 10.3. The minimum Gasteiger partial charge on any atom is -0.383 e. The molecular weight excluding hydrogens is 292 g/mol. The average molecular weight is 308 g/mol. The standard InChI is InChI=1S/C12H16N6O4/c1-6(10(14)19)15-8-9(13)17(2)12(21)18(11(8)20)5-7-3-4-22-16-7/h3-4,6,15H,5,13H2,1-2H3,(H2,14,19)/t6-/m0/s1. The van der Waals surface area contributed by atoms with Crippen LogP contribution in [0, 0.1) is 0 Å². The monoisotopic (exact) mass is 308 g/mol. The predicted octanol–water partition coefficient (Wildman–Crippen LogP) is -1.55. The summed E-state index contributed by atoms with van der Waals surface area (Å²) in [7, 11) is 1.41. The van der Waals surface area contributed by atoms with Crippen molar-refractivity contribution in [2.75, 3.05) is 11.1 Å². The number of rotatable bonds is 5. The van der Waals surface area contributed by atoms with Crippen LogP contribution in [0.2, 0.25) is 0 Å². The van der Waals surface area contributed by atoms with Crippen LogP contribution in [0.3, 0.4) is 0 Å². The van der Waals surface area contributed by atoms with Crippen LogP contribution in [-0.2, 0) is 18.4 Å². The SMILES string of the molecule is C[C@H](Nc1c(N)n(C)c(=O)n(Cc2ccon2)c1=O)C(N)=O. The molecule has 1 atom stereocenters. The van der Waals surface area contributed by atoms with E-state index < -0.39 is 23.2 Å². The van der Waals surface area contributed by atoms with E-state index in [0.717, 1.165) is 9.13 Å². The van der Waals surface area contributed by atoms with Crippen LogP contribution in [0.15, 0.2) is 26.4 Å². The van der Waals surface area contributed by atoms with Crippen LogP contribution in [-0.4, -0.2) is 26.2 Å². The van der Waals surface area contributed by atoms with E-state index in [0.29, 0.717) is 5.69 Å². The van der Waals surface area contributed by atoms with Crippen LogP contribution in [0.4, 0.5) is 11.5 Å². The number of amides is 1. The Morgan fingerprint density at radius 2 is 2.18 bits per heavy atom. The number of hydrogen-bond donors (Lipinski definition) is 3. The van der Waals surface area contributed by atoms with Gasteiger partial charge in [-0.15, -0.1) is 0 Å². The molecule has 118 valence electrons. The number of carbonyl (C=O) groups is 1. The molecule has 0 fully saturated rings. The van der Waals surface area contributed by atoms with Gasteiger partial charge < -0.3 is 21.3 Å². The van der Waals surface area contributed by atoms with Gasteiger partial charge in [-0.25, -0.2) is 4.79 Å². The van der Waals surface area contributed by atoms with Crippen molar-refractivity contribution in [3.63, 3.8) is 0 Å². The van der Waals surface area contributed by atoms with E-state index in [-0.39, 0.29) is 18.1 Å². The highest BCUT2D eigenvalue weighted by molar-refractivity contribution is 5.83. The van der Waals surface area contributed by atoms with Crippen molar-refractivity contribution in [2.24, 2.45) is 12.8 Å². The van der Waals surface area contributed by atoms with Gasteiger partial charge >= 0.3 is 5.69 Å². The molecule has 0 aliphatic carbocycles. The molecular formula is C12H16N6O4. The molecule has 22 heavy (non-hydrogen) atoms. The van der Waals surface area contributed by atoms with Crippen LogP contribution in [0.1, 0.15) is 12.6 Å². The molecule has 5 N–H and O–H groups in total. The van der Waals surface area contributed by atoms with Crippen molar-refractivity contribution in [3.05, 3.63) is 38.9 Å². The van der Waals surface area contributed by atoms with Crippen molar-refractivity contribution < 1.29 is 9.32 Å². The van der Waals surface area contributed by atoms with Gasteiger partial charge in [0.15, 0.2) is 0 Å². The first kappa shape index (κ1) is 15.4. The van der Waals surface area contributed by atoms with E-state index in [2.05, 4.69) is 15.0 Å². The third kappa shape index (κ3) is 2.71. The minimum absolute atomic E-state index is 0.0723. The number of nitrogen functional groups attached to an aromatic ring is 1. The van der Waals surface area contributed by atoms with Gasteiger partial charge in [-0.3, -0.25) is 18.7 Å². The van der Waals surface area contributed by atoms with E-state index in [1.807, 2.05) is 0 Å². The second kappa shape index (κ2) is 5.76. The fourth-order valence-electron chi connectivity index (χ4n) is 1.83. The van der Waals surface area contributed by atoms with Gasteiger partial charge in [0.2, 0.25) is 5.91 Å². The Kier molecular flexibility index (Phi) is 4.02. The number of hydrogen-bond acceptors (Lipinski definition) is 7. The van der Waals surface area contributed by atoms with E-state index in [4.69, 9.17) is 11.5 Å². The summed E-state index contributed by atoms with van der Waals surface area (Å²) in [5, 5.41) is 6.29. The van der Waals surface area contributed by atoms with Gasteiger partial charge in [0.05, 0.1) is 6.54 Å². The average Bonchev–Trinajstić information content (AvgIpc) is 2.98. The molecule has 0 aliphatic rings. The van der Waals surface area contributed by atoms with Gasteiger partial charge in [-0.1, -0.05) is 5.16 Å². The summed E-state index contributed by atoms with van der Waals surface area (Å²) in [6.07, 6.45) is 1.33. The van der Waals surface area contributed by atoms with Crippen molar-refractivity contribution >= 4 is 17.4 Å². The largest absolute Gasteiger partial charge is 0.383 e. The second-order valence-electron chi connectivity index (χ2n) is 4.75. The lowest BCUT2D eigenvalue weighted by atomic mass is 10.3. The lowest BCUT2D eigenvalue weighted by Crippen LogP contribution is -2.44. The third-order valence-corrected chi connectivity index (χ3v) is 3.19. The number of nitrogens with two attached hydrogens (primary N) is 2. The summed E-state index contributed by atoms with van der Waals surface area (Å²) in [6, 6.07) is 0.703. The Morgan fingerprint density at radius 3 is 2.73 bits per heavy atom. The van der Waals surface area contributed by atoms with E-state index in [1.54, 1.807) is 0 Å². The first-order valence-electron chi connectivity index (χ1n) is 6.37. The maximum atomic E-state index is 12.4. The molecule has 10 heteroatoms. The molecule has 0 radical (unpaired) electrons. The highest BCUT2D eigenvalue weighted by Crippen LogP contribution is 2.11. The third-order valence-electron chi connectivity index (χ3n) is 3.19. The Labute approximate surface area is 124 Å². The molecule has 0 aromatic carbocycles. The second-order valence-corrected chi connectivity index (χ2v) is 4.75. The van der Waals surface area contributed by atoms with Crippen LogP contribution >= 0.6 is 0 Å². The summed E-state index contributed by atoms with van der Waals surface area (Å²) in [5.41, 5.74) is 9.98. The molecule has 0 spiro atoms. The summed E-state index contributed by atoms with van der Waals surface area (Å²) in [4.78, 5) is 35.8. The smallest absolute Gasteiger partial charge is 0.332 e. The number of nitrogens with one attached hydrogen (secondary N) is 1. The molecule has 0 aliphatic heterocycles. The summed E-state index contributed by atoms with van der Waals surface area (Å²) >= 11 is 0. The summed E-state index contributed by atoms with van der Waals surface area (Å²) < 4.78 is 6.70. The number of carbonyl (C=O) groups excluding carboxylic acids is 1. The lowest BCUT2D eigenvalue weighted by molar-refractivity contribution is -0.118. The summed E-state index contributed by atoms with van der Waals surface area (Å²) in [5.74, 6) is -0.741. The van der Waals surface area contributed by atoms with E-state index in [9.17, 15) is 14.4 Å². The zero-order chi connectivity index (χ0) is 16.4. The van der Waals surface area contributed by atoms with Crippen LogP contribution in [0.25, 0.3) is 0 Å². The van der Waals surface area contributed by atoms with Gasteiger partial charge in [0.25, 0.3) is 5.56 Å². The zero-order valence-corrected chi connectivity index (χ0v) is 12.1. The summed E-state index contributed by atoms with van der Waals surface area (Å²) in [6.45, 7) is 1.40. The molecule has 2 aromatic heterocycles. The maximum Gasteiger partial charge on any atom is 0.332 e. The molecule has 1 amide bonds. The number of anilines is 2. The van der Waals surface area contributed by atoms with E-state index in [1.165, 1.54) is 26.3 Å². The highest BCUT2D eigenvalue weighted by atomic mass is 16.5. The highest BCUT2D eigenvalue weighted by Gasteiger charge is 2.19. The fraction of sp³-hybridized carbons (Fsp3) is 0.333. The molecule has 0 saturated heterocycles. The van der Waals surface area contributed by atoms with Crippen LogP contribution < -0.4 is 28.0 Å². The fourth-order valence-corrected chi connectivity index (χ4v) is 1.83. The van der Waals surface area contributed by atoms with Crippen molar-refractivity contribution in [1.29, 1.82) is 0 Å². The maximum absolute atomic E-state index is 12.4. The number of aromatic nitrogens is 3. The van der Waals surface area contributed by atoms with Crippen molar-refractivity contribution in [3.8, 4) is 0 Å². The van der Waals surface area contributed by atoms with Crippen LogP contribution in [0.5, 0.6) is 0 Å². The van der Waals surface area contributed by atoms with Crippen molar-refractivity contribution in [1.82, 2.24) is 14.3 Å². The Bertz CT molecular complexity index is 804. The van der Waals surface area contributed by atoms with Gasteiger partial charge in [-0.2, -0.15) is 0 Å².